The molecule has 0 atom stereocenters. The van der Waals surface area contributed by atoms with Crippen LogP contribution in [0, 0.1) is 20.8 Å². The largest absolute Gasteiger partial charge is 0.344 e. The van der Waals surface area contributed by atoms with Crippen LogP contribution in [0.25, 0.3) is 10.6 Å². The lowest BCUT2D eigenvalue weighted by Crippen LogP contribution is -2.23. The van der Waals surface area contributed by atoms with E-state index in [2.05, 4.69) is 52.5 Å². The molecule has 2 heterocycles. The lowest BCUT2D eigenvalue weighted by molar-refractivity contribution is 0.0953. The standard InChI is InChI=1S/C20H24N4O2S/c1-11-7-8-14(12(2)9-11)18-22-13(3)16(27-18)17(25)21-10-15-23-19(26-24-15)20(4,5)6/h7-9H,10H2,1-6H3,(H,21,25). The molecular formula is C20H24N4O2S. The molecule has 3 rings (SSSR count). The zero-order valence-corrected chi connectivity index (χ0v) is 17.3. The van der Waals surface area contributed by atoms with Crippen molar-refractivity contribution in [2.45, 2.75) is 53.5 Å². The fraction of sp³-hybridized carbons (Fsp3) is 0.400. The van der Waals surface area contributed by atoms with E-state index in [1.54, 1.807) is 0 Å². The Bertz CT molecular complexity index is 982. The molecule has 0 aliphatic heterocycles. The van der Waals surface area contributed by atoms with Crippen LogP contribution in [0.5, 0.6) is 0 Å². The van der Waals surface area contributed by atoms with Crippen molar-refractivity contribution in [3.8, 4) is 10.6 Å². The molecule has 7 heteroatoms. The van der Waals surface area contributed by atoms with Gasteiger partial charge < -0.3 is 9.84 Å². The first kappa shape index (κ1) is 19.2. The first-order chi connectivity index (χ1) is 12.6. The molecule has 0 aliphatic rings. The number of carbonyl (C=O) groups excluding carboxylic acids is 1. The second-order valence-electron chi connectivity index (χ2n) is 7.70. The molecule has 6 nitrogen and oxygen atoms in total. The minimum Gasteiger partial charge on any atom is -0.344 e. The molecule has 0 aliphatic carbocycles. The van der Waals surface area contributed by atoms with Gasteiger partial charge in [0.1, 0.15) is 9.88 Å². The number of aryl methyl sites for hydroxylation is 3. The average Bonchev–Trinajstić information content (AvgIpc) is 3.19. The molecule has 0 fully saturated rings. The summed E-state index contributed by atoms with van der Waals surface area (Å²) in [6, 6.07) is 6.23. The number of hydrogen-bond donors (Lipinski definition) is 1. The molecule has 1 amide bonds. The first-order valence-electron chi connectivity index (χ1n) is 8.81. The zero-order valence-electron chi connectivity index (χ0n) is 16.5. The number of rotatable bonds is 4. The summed E-state index contributed by atoms with van der Waals surface area (Å²) in [4.78, 5) is 22.1. The monoisotopic (exact) mass is 384 g/mol. The van der Waals surface area contributed by atoms with Gasteiger partial charge in [-0.15, -0.1) is 11.3 Å². The summed E-state index contributed by atoms with van der Waals surface area (Å²) in [5.41, 5.74) is 3.91. The van der Waals surface area contributed by atoms with Crippen molar-refractivity contribution in [2.75, 3.05) is 0 Å². The normalized spacial score (nSPS) is 11.6. The number of nitrogens with zero attached hydrogens (tertiary/aromatic N) is 3. The number of amides is 1. The highest BCUT2D eigenvalue weighted by Gasteiger charge is 2.22. The highest BCUT2D eigenvalue weighted by atomic mass is 32.1. The van der Waals surface area contributed by atoms with Gasteiger partial charge in [-0.2, -0.15) is 4.98 Å². The van der Waals surface area contributed by atoms with E-state index in [0.29, 0.717) is 16.6 Å². The highest BCUT2D eigenvalue weighted by molar-refractivity contribution is 7.17. The predicted octanol–water partition coefficient (Wildman–Crippen LogP) is 4.35. The van der Waals surface area contributed by atoms with Crippen LogP contribution in [0.2, 0.25) is 0 Å². The first-order valence-corrected chi connectivity index (χ1v) is 9.63. The Morgan fingerprint density at radius 3 is 2.56 bits per heavy atom. The van der Waals surface area contributed by atoms with Gasteiger partial charge in [0.15, 0.2) is 5.82 Å². The number of nitrogens with one attached hydrogen (secondary N) is 1. The van der Waals surface area contributed by atoms with Gasteiger partial charge in [0.2, 0.25) is 5.89 Å². The van der Waals surface area contributed by atoms with Gasteiger partial charge in [0, 0.05) is 11.0 Å². The Kier molecular flexibility index (Phi) is 5.15. The molecule has 0 bridgehead atoms. The van der Waals surface area contributed by atoms with E-state index in [9.17, 15) is 4.79 Å². The molecule has 1 aromatic carbocycles. The zero-order chi connectivity index (χ0) is 19.8. The van der Waals surface area contributed by atoms with E-state index in [1.165, 1.54) is 16.9 Å². The molecule has 1 N–H and O–H groups in total. The van der Waals surface area contributed by atoms with E-state index in [0.717, 1.165) is 21.8 Å². The van der Waals surface area contributed by atoms with Crippen LogP contribution >= 0.6 is 11.3 Å². The smallest absolute Gasteiger partial charge is 0.263 e. The maximum atomic E-state index is 12.6. The maximum Gasteiger partial charge on any atom is 0.263 e. The summed E-state index contributed by atoms with van der Waals surface area (Å²) >= 11 is 1.40. The van der Waals surface area contributed by atoms with Crippen molar-refractivity contribution >= 4 is 17.2 Å². The Balaban J connectivity index is 1.74. The Morgan fingerprint density at radius 2 is 1.93 bits per heavy atom. The summed E-state index contributed by atoms with van der Waals surface area (Å²) in [5, 5.41) is 7.64. The lowest BCUT2D eigenvalue weighted by Gasteiger charge is -2.10. The molecule has 2 aromatic heterocycles. The molecule has 0 unspecified atom stereocenters. The van der Waals surface area contributed by atoms with Gasteiger partial charge >= 0.3 is 0 Å². The van der Waals surface area contributed by atoms with Crippen LogP contribution in [0.15, 0.2) is 22.7 Å². The lowest BCUT2D eigenvalue weighted by atomic mass is 9.97. The van der Waals surface area contributed by atoms with Crippen molar-refractivity contribution in [1.29, 1.82) is 0 Å². The third-order valence-electron chi connectivity index (χ3n) is 4.13. The molecular weight excluding hydrogens is 360 g/mol. The summed E-state index contributed by atoms with van der Waals surface area (Å²) in [6.45, 7) is 12.2. The fourth-order valence-electron chi connectivity index (χ4n) is 2.65. The van der Waals surface area contributed by atoms with Crippen molar-refractivity contribution in [1.82, 2.24) is 20.4 Å². The third kappa shape index (κ3) is 4.24. The van der Waals surface area contributed by atoms with E-state index >= 15 is 0 Å². The molecule has 142 valence electrons. The molecule has 27 heavy (non-hydrogen) atoms. The van der Waals surface area contributed by atoms with Crippen LogP contribution in [-0.2, 0) is 12.0 Å². The molecule has 0 spiro atoms. The molecule has 0 saturated carbocycles. The van der Waals surface area contributed by atoms with Gasteiger partial charge in [-0.3, -0.25) is 4.79 Å². The second-order valence-corrected chi connectivity index (χ2v) is 8.70. The van der Waals surface area contributed by atoms with Crippen molar-refractivity contribution < 1.29 is 9.32 Å². The summed E-state index contributed by atoms with van der Waals surface area (Å²) < 4.78 is 5.25. The highest BCUT2D eigenvalue weighted by Crippen LogP contribution is 2.30. The SMILES string of the molecule is Cc1ccc(-c2nc(C)c(C(=O)NCc3noc(C(C)(C)C)n3)s2)c(C)c1. The van der Waals surface area contributed by atoms with Crippen molar-refractivity contribution in [2.24, 2.45) is 0 Å². The predicted molar refractivity (Wildman–Crippen MR) is 106 cm³/mol. The van der Waals surface area contributed by atoms with Crippen LogP contribution in [0.4, 0.5) is 0 Å². The number of thiazole rings is 1. The third-order valence-corrected chi connectivity index (χ3v) is 5.32. The van der Waals surface area contributed by atoms with E-state index < -0.39 is 0 Å². The molecule has 3 aromatic rings. The number of aromatic nitrogens is 3. The Hall–Kier alpha value is -2.54. The molecule has 0 saturated heterocycles. The number of hydrogen-bond acceptors (Lipinski definition) is 6. The van der Waals surface area contributed by atoms with Crippen molar-refractivity contribution in [3.05, 3.63) is 51.6 Å². The van der Waals surface area contributed by atoms with Crippen LogP contribution in [0.3, 0.4) is 0 Å². The van der Waals surface area contributed by atoms with E-state index in [-0.39, 0.29) is 17.9 Å². The fourth-order valence-corrected chi connectivity index (χ4v) is 3.72. The average molecular weight is 385 g/mol. The maximum absolute atomic E-state index is 12.6. The van der Waals surface area contributed by atoms with Gasteiger partial charge in [0.05, 0.1) is 12.2 Å². The van der Waals surface area contributed by atoms with Gasteiger partial charge in [-0.1, -0.05) is 49.7 Å². The van der Waals surface area contributed by atoms with Crippen LogP contribution < -0.4 is 5.32 Å². The van der Waals surface area contributed by atoms with Gasteiger partial charge in [0.25, 0.3) is 5.91 Å². The van der Waals surface area contributed by atoms with Gasteiger partial charge in [-0.05, 0) is 26.3 Å². The topological polar surface area (TPSA) is 80.9 Å². The van der Waals surface area contributed by atoms with Crippen LogP contribution in [-0.4, -0.2) is 21.0 Å². The van der Waals surface area contributed by atoms with Crippen LogP contribution in [0.1, 0.15) is 59.0 Å². The minimum absolute atomic E-state index is 0.178. The Morgan fingerprint density at radius 1 is 1.19 bits per heavy atom. The summed E-state index contributed by atoms with van der Waals surface area (Å²) in [6.07, 6.45) is 0. The Labute approximate surface area is 163 Å². The molecule has 0 radical (unpaired) electrons. The number of carbonyl (C=O) groups is 1. The summed E-state index contributed by atoms with van der Waals surface area (Å²) in [7, 11) is 0. The minimum atomic E-state index is -0.218. The summed E-state index contributed by atoms with van der Waals surface area (Å²) in [5.74, 6) is 0.839. The van der Waals surface area contributed by atoms with Crippen molar-refractivity contribution in [3.63, 3.8) is 0 Å². The quantitative estimate of drug-likeness (QED) is 0.723. The van der Waals surface area contributed by atoms with Gasteiger partial charge in [-0.25, -0.2) is 4.98 Å². The van der Waals surface area contributed by atoms with E-state index in [1.807, 2.05) is 27.7 Å². The van der Waals surface area contributed by atoms with E-state index in [4.69, 9.17) is 4.52 Å². The second kappa shape index (κ2) is 7.23. The number of benzene rings is 1.